The Morgan fingerprint density at radius 3 is 2.71 bits per heavy atom. The van der Waals surface area contributed by atoms with Gasteiger partial charge in [0.15, 0.2) is 0 Å². The third-order valence-corrected chi connectivity index (χ3v) is 6.17. The Balaban J connectivity index is 1.71. The summed E-state index contributed by atoms with van der Waals surface area (Å²) in [4.78, 5) is 17.6. The van der Waals surface area contributed by atoms with Gasteiger partial charge in [-0.25, -0.2) is 9.48 Å². The predicted molar refractivity (Wildman–Crippen MR) is 123 cm³/mol. The van der Waals surface area contributed by atoms with Crippen LogP contribution in [0.25, 0.3) is 0 Å². The van der Waals surface area contributed by atoms with E-state index >= 15 is 0 Å². The Hall–Kier alpha value is -3.06. The molecule has 31 heavy (non-hydrogen) atoms. The Kier molecular flexibility index (Phi) is 6.13. The number of rotatable bonds is 6. The monoisotopic (exact) mass is 434 g/mol. The smallest absolute Gasteiger partial charge is 0.338 e. The maximum atomic E-state index is 12.9. The highest BCUT2D eigenvalue weighted by Gasteiger charge is 2.35. The maximum Gasteiger partial charge on any atom is 0.338 e. The summed E-state index contributed by atoms with van der Waals surface area (Å²) in [5.74, 6) is 1.07. The molecule has 1 aromatic heterocycles. The Labute approximate surface area is 186 Å². The van der Waals surface area contributed by atoms with Crippen LogP contribution in [0.4, 0.5) is 5.95 Å². The molecule has 1 aliphatic rings. The minimum absolute atomic E-state index is 0.317. The van der Waals surface area contributed by atoms with E-state index in [9.17, 15) is 4.79 Å². The van der Waals surface area contributed by atoms with Crippen molar-refractivity contribution in [3.05, 3.63) is 82.1 Å². The van der Waals surface area contributed by atoms with Gasteiger partial charge in [0.25, 0.3) is 0 Å². The number of thioether (sulfide) groups is 1. The van der Waals surface area contributed by atoms with Crippen LogP contribution in [-0.2, 0) is 15.3 Å². The van der Waals surface area contributed by atoms with Crippen LogP contribution in [0.3, 0.4) is 0 Å². The molecule has 0 amide bonds. The number of anilines is 1. The van der Waals surface area contributed by atoms with Gasteiger partial charge in [-0.05, 0) is 44.4 Å². The molecule has 0 saturated carbocycles. The first kappa shape index (κ1) is 21.2. The van der Waals surface area contributed by atoms with Crippen LogP contribution in [0.5, 0.6) is 0 Å². The molecule has 0 fully saturated rings. The highest BCUT2D eigenvalue weighted by molar-refractivity contribution is 7.98. The number of fused-ring (bicyclic) bond motifs is 1. The predicted octanol–water partition coefficient (Wildman–Crippen LogP) is 5.04. The molecule has 2 aromatic carbocycles. The lowest BCUT2D eigenvalue weighted by atomic mass is 9.93. The van der Waals surface area contributed by atoms with E-state index in [1.165, 1.54) is 11.1 Å². The summed E-state index contributed by atoms with van der Waals surface area (Å²) in [6.07, 6.45) is 0. The van der Waals surface area contributed by atoms with E-state index in [0.29, 0.717) is 23.3 Å². The lowest BCUT2D eigenvalue weighted by molar-refractivity contribution is -0.139. The van der Waals surface area contributed by atoms with E-state index in [-0.39, 0.29) is 5.97 Å². The SMILES string of the molecule is CCOC(=O)C1=C(C)Nc2nc(SCc3cccc(C)c3)nn2[C@@H]1c1ccccc1C. The number of esters is 1. The van der Waals surface area contributed by atoms with Crippen LogP contribution in [0, 0.1) is 13.8 Å². The second-order valence-corrected chi connectivity index (χ2v) is 8.53. The number of ether oxygens (including phenoxy) is 1. The number of allylic oxidation sites excluding steroid dienone is 1. The summed E-state index contributed by atoms with van der Waals surface area (Å²) < 4.78 is 7.18. The normalized spacial score (nSPS) is 15.4. The minimum Gasteiger partial charge on any atom is -0.463 e. The van der Waals surface area contributed by atoms with Gasteiger partial charge in [0.2, 0.25) is 11.1 Å². The van der Waals surface area contributed by atoms with Crippen molar-refractivity contribution in [3.8, 4) is 0 Å². The summed E-state index contributed by atoms with van der Waals surface area (Å²) >= 11 is 1.58. The van der Waals surface area contributed by atoms with Gasteiger partial charge in [0, 0.05) is 11.4 Å². The number of benzene rings is 2. The molecule has 7 heteroatoms. The number of carbonyl (C=O) groups is 1. The van der Waals surface area contributed by atoms with Crippen molar-refractivity contribution in [1.82, 2.24) is 14.8 Å². The number of carbonyl (C=O) groups excluding carboxylic acids is 1. The summed E-state index contributed by atoms with van der Waals surface area (Å²) in [5.41, 5.74) is 5.84. The lowest BCUT2D eigenvalue weighted by Gasteiger charge is -2.28. The van der Waals surface area contributed by atoms with Crippen molar-refractivity contribution in [2.75, 3.05) is 11.9 Å². The van der Waals surface area contributed by atoms with Gasteiger partial charge in [0.1, 0.15) is 6.04 Å². The molecule has 0 spiro atoms. The number of nitrogens with one attached hydrogen (secondary N) is 1. The zero-order chi connectivity index (χ0) is 22.0. The fourth-order valence-electron chi connectivity index (χ4n) is 3.80. The molecule has 0 bridgehead atoms. The minimum atomic E-state index is -0.391. The molecular weight excluding hydrogens is 408 g/mol. The highest BCUT2D eigenvalue weighted by Crippen LogP contribution is 2.38. The molecule has 1 atom stereocenters. The average Bonchev–Trinajstić information content (AvgIpc) is 3.14. The van der Waals surface area contributed by atoms with E-state index in [0.717, 1.165) is 22.6 Å². The fourth-order valence-corrected chi connectivity index (χ4v) is 4.57. The number of aromatic nitrogens is 3. The molecule has 0 aliphatic carbocycles. The Morgan fingerprint density at radius 1 is 1.16 bits per heavy atom. The molecule has 4 rings (SSSR count). The Morgan fingerprint density at radius 2 is 1.97 bits per heavy atom. The van der Waals surface area contributed by atoms with Gasteiger partial charge < -0.3 is 10.1 Å². The molecule has 3 aromatic rings. The molecule has 1 aliphatic heterocycles. The van der Waals surface area contributed by atoms with Crippen LogP contribution < -0.4 is 5.32 Å². The van der Waals surface area contributed by atoms with Crippen LogP contribution in [0.15, 0.2) is 65.0 Å². The average molecular weight is 435 g/mol. The number of hydrogen-bond acceptors (Lipinski definition) is 6. The molecule has 0 saturated heterocycles. The van der Waals surface area contributed by atoms with Crippen molar-refractivity contribution in [2.24, 2.45) is 0 Å². The number of hydrogen-bond donors (Lipinski definition) is 1. The first-order valence-electron chi connectivity index (χ1n) is 10.3. The zero-order valence-electron chi connectivity index (χ0n) is 18.2. The first-order chi connectivity index (χ1) is 15.0. The maximum absolute atomic E-state index is 12.9. The highest BCUT2D eigenvalue weighted by atomic mass is 32.2. The van der Waals surface area contributed by atoms with E-state index in [2.05, 4.69) is 36.5 Å². The topological polar surface area (TPSA) is 69.0 Å². The first-order valence-corrected chi connectivity index (χ1v) is 11.3. The van der Waals surface area contributed by atoms with Crippen LogP contribution in [0.1, 0.15) is 42.1 Å². The van der Waals surface area contributed by atoms with Crippen molar-refractivity contribution in [3.63, 3.8) is 0 Å². The summed E-state index contributed by atoms with van der Waals surface area (Å²) in [6.45, 7) is 8.14. The van der Waals surface area contributed by atoms with Crippen molar-refractivity contribution in [1.29, 1.82) is 0 Å². The summed E-state index contributed by atoms with van der Waals surface area (Å²) in [6, 6.07) is 16.1. The van der Waals surface area contributed by atoms with E-state index in [1.807, 2.05) is 45.0 Å². The molecule has 2 heterocycles. The van der Waals surface area contributed by atoms with Crippen molar-refractivity contribution < 1.29 is 9.53 Å². The van der Waals surface area contributed by atoms with E-state index in [1.54, 1.807) is 16.4 Å². The van der Waals surface area contributed by atoms with Gasteiger partial charge >= 0.3 is 5.97 Å². The Bertz CT molecular complexity index is 1150. The summed E-state index contributed by atoms with van der Waals surface area (Å²) in [5, 5.41) is 8.70. The quantitative estimate of drug-likeness (QED) is 0.433. The van der Waals surface area contributed by atoms with Gasteiger partial charge in [-0.2, -0.15) is 4.98 Å². The largest absolute Gasteiger partial charge is 0.463 e. The van der Waals surface area contributed by atoms with Crippen LogP contribution >= 0.6 is 11.8 Å². The van der Waals surface area contributed by atoms with Crippen LogP contribution in [-0.4, -0.2) is 27.3 Å². The third-order valence-electron chi connectivity index (χ3n) is 5.26. The fraction of sp³-hybridized carbons (Fsp3) is 0.292. The number of aryl methyl sites for hydroxylation is 2. The van der Waals surface area contributed by atoms with Crippen molar-refractivity contribution >= 4 is 23.7 Å². The van der Waals surface area contributed by atoms with Gasteiger partial charge in [0.05, 0.1) is 12.2 Å². The van der Waals surface area contributed by atoms with Gasteiger partial charge in [-0.15, -0.1) is 5.10 Å². The van der Waals surface area contributed by atoms with Gasteiger partial charge in [-0.1, -0.05) is 65.9 Å². The molecule has 1 N–H and O–H groups in total. The number of nitrogens with zero attached hydrogens (tertiary/aromatic N) is 3. The molecule has 160 valence electrons. The molecule has 0 radical (unpaired) electrons. The zero-order valence-corrected chi connectivity index (χ0v) is 19.0. The summed E-state index contributed by atoms with van der Waals surface area (Å²) in [7, 11) is 0. The van der Waals surface area contributed by atoms with Crippen molar-refractivity contribution in [2.45, 2.75) is 44.6 Å². The lowest BCUT2D eigenvalue weighted by Crippen LogP contribution is -2.30. The third kappa shape index (κ3) is 4.37. The molecule has 0 unspecified atom stereocenters. The van der Waals surface area contributed by atoms with E-state index < -0.39 is 6.04 Å². The van der Waals surface area contributed by atoms with E-state index in [4.69, 9.17) is 14.8 Å². The molecule has 6 nitrogen and oxygen atoms in total. The molecular formula is C24H26N4O2S. The second-order valence-electron chi connectivity index (χ2n) is 7.58. The van der Waals surface area contributed by atoms with Crippen LogP contribution in [0.2, 0.25) is 0 Å². The standard InChI is InChI=1S/C24H26N4O2S/c1-5-30-22(29)20-17(4)25-23-26-24(31-14-18-11-8-9-15(2)13-18)27-28(23)21(20)19-12-7-6-10-16(19)3/h6-13,21H,5,14H2,1-4H3,(H,25,26,27)/t21-/m1/s1. The van der Waals surface area contributed by atoms with Gasteiger partial charge in [-0.3, -0.25) is 0 Å². The second kappa shape index (κ2) is 8.98.